The lowest BCUT2D eigenvalue weighted by atomic mass is 10.0. The van der Waals surface area contributed by atoms with Gasteiger partial charge in [-0.25, -0.2) is 4.98 Å². The van der Waals surface area contributed by atoms with Gasteiger partial charge in [-0.1, -0.05) is 53.6 Å². The summed E-state index contributed by atoms with van der Waals surface area (Å²) in [5.41, 5.74) is 5.92. The maximum absolute atomic E-state index is 5.06. The summed E-state index contributed by atoms with van der Waals surface area (Å²) in [5, 5.41) is 3.90. The molecule has 0 atom stereocenters. The molecule has 3 aromatic carbocycles. The highest BCUT2D eigenvalue weighted by atomic mass is 32.1. The van der Waals surface area contributed by atoms with Gasteiger partial charge in [0.1, 0.15) is 0 Å². The average Bonchev–Trinajstić information content (AvgIpc) is 3.00. The Morgan fingerprint density at radius 3 is 2.24 bits per heavy atom. The van der Waals surface area contributed by atoms with Crippen molar-refractivity contribution in [2.24, 2.45) is 0 Å². The van der Waals surface area contributed by atoms with Crippen molar-refractivity contribution in [3.8, 4) is 11.3 Å². The third-order valence-electron chi connectivity index (χ3n) is 4.71. The van der Waals surface area contributed by atoms with E-state index in [0.717, 1.165) is 11.2 Å². The van der Waals surface area contributed by atoms with Crippen molar-refractivity contribution < 1.29 is 0 Å². The normalized spacial score (nSPS) is 11.6. The van der Waals surface area contributed by atoms with E-state index in [-0.39, 0.29) is 0 Å². The van der Waals surface area contributed by atoms with Gasteiger partial charge >= 0.3 is 0 Å². The fourth-order valence-electron chi connectivity index (χ4n) is 3.74. The molecule has 0 aliphatic rings. The van der Waals surface area contributed by atoms with E-state index in [4.69, 9.17) is 4.98 Å². The maximum Gasteiger partial charge on any atom is 0.0888 e. The lowest BCUT2D eigenvalue weighted by molar-refractivity contribution is 1.36. The molecule has 0 aliphatic carbocycles. The van der Waals surface area contributed by atoms with Crippen LogP contribution in [-0.4, -0.2) is 4.98 Å². The Kier molecular flexibility index (Phi) is 3.16. The molecule has 0 radical (unpaired) electrons. The molecule has 120 valence electrons. The summed E-state index contributed by atoms with van der Waals surface area (Å²) >= 11 is 1.85. The molecule has 0 aliphatic heterocycles. The Balaban J connectivity index is 2.01. The van der Waals surface area contributed by atoms with Crippen molar-refractivity contribution in [1.29, 1.82) is 0 Å². The summed E-state index contributed by atoms with van der Waals surface area (Å²) < 4.78 is 2.60. The Bertz CT molecular complexity index is 1240. The van der Waals surface area contributed by atoms with Gasteiger partial charge in [0, 0.05) is 26.4 Å². The molecule has 0 amide bonds. The first kappa shape index (κ1) is 14.6. The van der Waals surface area contributed by atoms with Crippen LogP contribution in [0.4, 0.5) is 0 Å². The summed E-state index contributed by atoms with van der Waals surface area (Å²) in [6, 6.07) is 23.9. The minimum absolute atomic E-state index is 1.06. The van der Waals surface area contributed by atoms with E-state index < -0.39 is 0 Å². The van der Waals surface area contributed by atoms with Crippen LogP contribution in [0.25, 0.3) is 42.3 Å². The number of aromatic nitrogens is 1. The highest BCUT2D eigenvalue weighted by molar-refractivity contribution is 7.26. The van der Waals surface area contributed by atoms with E-state index in [2.05, 4.69) is 80.6 Å². The third-order valence-corrected chi connectivity index (χ3v) is 5.89. The first-order valence-electron chi connectivity index (χ1n) is 8.49. The predicted molar refractivity (Wildman–Crippen MR) is 110 cm³/mol. The molecule has 0 N–H and O–H groups in total. The number of benzene rings is 3. The molecule has 5 rings (SSSR count). The predicted octanol–water partition coefficient (Wildman–Crippen LogP) is 6.89. The quantitative estimate of drug-likeness (QED) is 0.324. The molecule has 5 aromatic rings. The standard InChI is InChI=1S/C23H17NS/c1-14-11-15(2)13-16(12-14)22-23-21(17-7-3-5-9-19(17)24-22)18-8-4-6-10-20(18)25-23/h3-13H,1-2H3. The van der Waals surface area contributed by atoms with Gasteiger partial charge in [0.05, 0.1) is 15.9 Å². The molecule has 0 spiro atoms. The summed E-state index contributed by atoms with van der Waals surface area (Å²) in [6.07, 6.45) is 0. The topological polar surface area (TPSA) is 12.9 Å². The van der Waals surface area contributed by atoms with E-state index in [0.29, 0.717) is 0 Å². The van der Waals surface area contributed by atoms with Crippen molar-refractivity contribution >= 4 is 42.4 Å². The Morgan fingerprint density at radius 1 is 0.760 bits per heavy atom. The largest absolute Gasteiger partial charge is 0.246 e. The second-order valence-corrected chi connectivity index (χ2v) is 7.71. The van der Waals surface area contributed by atoms with E-state index >= 15 is 0 Å². The monoisotopic (exact) mass is 339 g/mol. The zero-order chi connectivity index (χ0) is 17.0. The van der Waals surface area contributed by atoms with Gasteiger partial charge in [0.2, 0.25) is 0 Å². The van der Waals surface area contributed by atoms with Crippen LogP contribution in [0.2, 0.25) is 0 Å². The van der Waals surface area contributed by atoms with Crippen molar-refractivity contribution in [3.63, 3.8) is 0 Å². The summed E-state index contributed by atoms with van der Waals surface area (Å²) in [5.74, 6) is 0. The molecule has 0 saturated carbocycles. The van der Waals surface area contributed by atoms with Crippen molar-refractivity contribution in [1.82, 2.24) is 4.98 Å². The lowest BCUT2D eigenvalue weighted by Crippen LogP contribution is -1.89. The number of fused-ring (bicyclic) bond motifs is 5. The molecule has 25 heavy (non-hydrogen) atoms. The van der Waals surface area contributed by atoms with Crippen LogP contribution in [0.3, 0.4) is 0 Å². The molecule has 2 aromatic heterocycles. The molecule has 0 saturated heterocycles. The lowest BCUT2D eigenvalue weighted by Gasteiger charge is -2.09. The Labute approximate surface area is 150 Å². The number of aryl methyl sites for hydroxylation is 2. The highest BCUT2D eigenvalue weighted by Crippen LogP contribution is 2.42. The number of thiophene rings is 1. The number of para-hydroxylation sites is 1. The van der Waals surface area contributed by atoms with E-state index in [1.165, 1.54) is 42.2 Å². The summed E-state index contributed by atoms with van der Waals surface area (Å²) in [4.78, 5) is 5.06. The molecular formula is C23H17NS. The van der Waals surface area contributed by atoms with Gasteiger partial charge in [-0.2, -0.15) is 0 Å². The molecule has 0 bridgehead atoms. The van der Waals surface area contributed by atoms with Crippen molar-refractivity contribution in [3.05, 3.63) is 77.9 Å². The van der Waals surface area contributed by atoms with Gasteiger partial charge in [-0.05, 0) is 38.1 Å². The van der Waals surface area contributed by atoms with Crippen LogP contribution < -0.4 is 0 Å². The Hall–Kier alpha value is -2.71. The van der Waals surface area contributed by atoms with Gasteiger partial charge in [0.25, 0.3) is 0 Å². The zero-order valence-electron chi connectivity index (χ0n) is 14.2. The third kappa shape index (κ3) is 2.25. The number of pyridine rings is 1. The van der Waals surface area contributed by atoms with Crippen LogP contribution in [0, 0.1) is 13.8 Å². The molecule has 0 fully saturated rings. The van der Waals surface area contributed by atoms with Crippen LogP contribution in [-0.2, 0) is 0 Å². The zero-order valence-corrected chi connectivity index (χ0v) is 15.0. The van der Waals surface area contributed by atoms with Crippen LogP contribution in [0.5, 0.6) is 0 Å². The van der Waals surface area contributed by atoms with Crippen molar-refractivity contribution in [2.45, 2.75) is 13.8 Å². The van der Waals surface area contributed by atoms with Gasteiger partial charge in [-0.15, -0.1) is 11.3 Å². The van der Waals surface area contributed by atoms with Gasteiger partial charge < -0.3 is 0 Å². The highest BCUT2D eigenvalue weighted by Gasteiger charge is 2.15. The molecule has 0 unspecified atom stereocenters. The van der Waals surface area contributed by atoms with Crippen LogP contribution >= 0.6 is 11.3 Å². The van der Waals surface area contributed by atoms with E-state index in [9.17, 15) is 0 Å². The summed E-state index contributed by atoms with van der Waals surface area (Å²) in [7, 11) is 0. The second-order valence-electron chi connectivity index (χ2n) is 6.66. The van der Waals surface area contributed by atoms with E-state index in [1.807, 2.05) is 11.3 Å². The van der Waals surface area contributed by atoms with Crippen molar-refractivity contribution in [2.75, 3.05) is 0 Å². The maximum atomic E-state index is 5.06. The molecule has 2 heteroatoms. The second kappa shape index (κ2) is 5.40. The molecule has 1 nitrogen and oxygen atoms in total. The van der Waals surface area contributed by atoms with Gasteiger partial charge in [-0.3, -0.25) is 0 Å². The number of hydrogen-bond donors (Lipinski definition) is 0. The summed E-state index contributed by atoms with van der Waals surface area (Å²) in [6.45, 7) is 4.30. The van der Waals surface area contributed by atoms with E-state index in [1.54, 1.807) is 0 Å². The van der Waals surface area contributed by atoms with Crippen LogP contribution in [0.15, 0.2) is 66.7 Å². The minimum Gasteiger partial charge on any atom is -0.246 e. The fourth-order valence-corrected chi connectivity index (χ4v) is 4.97. The smallest absolute Gasteiger partial charge is 0.0888 e. The molecular weight excluding hydrogens is 322 g/mol. The van der Waals surface area contributed by atoms with Gasteiger partial charge in [0.15, 0.2) is 0 Å². The molecule has 2 heterocycles. The minimum atomic E-state index is 1.06. The average molecular weight is 339 g/mol. The number of nitrogens with zero attached hydrogens (tertiary/aromatic N) is 1. The first-order valence-corrected chi connectivity index (χ1v) is 9.31. The number of rotatable bonds is 1. The number of hydrogen-bond acceptors (Lipinski definition) is 2. The first-order chi connectivity index (χ1) is 12.2. The SMILES string of the molecule is Cc1cc(C)cc(-c2nc3ccccc3c3c2sc2ccccc23)c1. The Morgan fingerprint density at radius 2 is 1.44 bits per heavy atom. The van der Waals surface area contributed by atoms with Crippen LogP contribution in [0.1, 0.15) is 11.1 Å². The fraction of sp³-hybridized carbons (Fsp3) is 0.0870.